The Bertz CT molecular complexity index is 1920. The van der Waals surface area contributed by atoms with Gasteiger partial charge in [0.05, 0.1) is 22.8 Å². The minimum Gasteiger partial charge on any atom is -0.252 e. The van der Waals surface area contributed by atoms with Crippen LogP contribution in [0.15, 0.2) is 70.7 Å². The number of allylic oxidation sites excluding steroid dienone is 2. The summed E-state index contributed by atoms with van der Waals surface area (Å²) in [5.41, 5.74) is 7.08. The van der Waals surface area contributed by atoms with Gasteiger partial charge in [-0.2, -0.15) is 0 Å². The average molecular weight is 1330 g/mol. The van der Waals surface area contributed by atoms with E-state index < -0.39 is 0 Å². The van der Waals surface area contributed by atoms with E-state index in [2.05, 4.69) is 101 Å². The molecule has 540 valence electrons. The molecule has 0 fully saturated rings. The van der Waals surface area contributed by atoms with Crippen LogP contribution in [-0.2, 0) is 16.5 Å². The zero-order chi connectivity index (χ0) is 65.4. The molecule has 2 aromatic rings. The third kappa shape index (κ3) is 61.8. The van der Waals surface area contributed by atoms with E-state index in [9.17, 15) is 0 Å². The van der Waals surface area contributed by atoms with Gasteiger partial charge in [0, 0.05) is 16.5 Å². The maximum Gasteiger partial charge on any atom is 0.0639 e. The predicted molar refractivity (Wildman–Crippen MR) is 422 cm³/mol. The van der Waals surface area contributed by atoms with Crippen LogP contribution in [-0.4, -0.2) is 11.4 Å². The molecule has 0 unspecified atom stereocenters. The number of aliphatic imine (C=N–C) groups is 2. The van der Waals surface area contributed by atoms with Crippen LogP contribution in [0.5, 0.6) is 0 Å². The van der Waals surface area contributed by atoms with Crippen molar-refractivity contribution in [1.29, 1.82) is 0 Å². The molecule has 0 radical (unpaired) electrons. The predicted octanol–water partition coefficient (Wildman–Crippen LogP) is 33.2. The molecule has 0 amide bonds. The van der Waals surface area contributed by atoms with Crippen LogP contribution >= 0.6 is 0 Å². The quantitative estimate of drug-likeness (QED) is 0.0358. The van der Waals surface area contributed by atoms with E-state index in [-0.39, 0.29) is 16.5 Å². The molecule has 2 aromatic carbocycles. The molecule has 0 N–H and O–H groups in total. The molecule has 0 bridgehead atoms. The van der Waals surface area contributed by atoms with E-state index in [0.717, 1.165) is 30.6 Å². The van der Waals surface area contributed by atoms with Gasteiger partial charge >= 0.3 is 0 Å². The van der Waals surface area contributed by atoms with Crippen molar-refractivity contribution in [3.63, 3.8) is 0 Å². The minimum absolute atomic E-state index is 0. The second kappa shape index (κ2) is 74.0. The monoisotopic (exact) mass is 1330 g/mol. The second-order valence-electron chi connectivity index (χ2n) is 29.4. The Morgan fingerprint density at radius 2 is 0.419 bits per heavy atom. The summed E-state index contributed by atoms with van der Waals surface area (Å²) in [6.45, 7) is 9.26. The summed E-state index contributed by atoms with van der Waals surface area (Å²) >= 11 is 0. The van der Waals surface area contributed by atoms with Crippen LogP contribution in [0.25, 0.3) is 12.2 Å². The Balaban J connectivity index is 0.0000432. The van der Waals surface area contributed by atoms with Crippen molar-refractivity contribution in [1.82, 2.24) is 0 Å². The first-order valence-corrected chi connectivity index (χ1v) is 42.4. The molecular weight excluding hydrogens is 1170 g/mol. The summed E-state index contributed by atoms with van der Waals surface area (Å²) < 4.78 is 0. The van der Waals surface area contributed by atoms with E-state index in [1.54, 1.807) is 0 Å². The number of hydrogen-bond donors (Lipinski definition) is 0. The molecule has 0 aliphatic carbocycles. The zero-order valence-corrected chi connectivity index (χ0v) is 64.2. The first-order valence-electron chi connectivity index (χ1n) is 42.4. The third-order valence-corrected chi connectivity index (χ3v) is 20.2. The van der Waals surface area contributed by atoms with Crippen molar-refractivity contribution in [2.45, 2.75) is 464 Å². The zero-order valence-electron chi connectivity index (χ0n) is 63.2. The number of nitrogens with zero attached hydrogens (tertiary/aromatic N) is 2. The van der Waals surface area contributed by atoms with Crippen LogP contribution in [0.2, 0.25) is 0 Å². The van der Waals surface area contributed by atoms with Gasteiger partial charge in [-0.3, -0.25) is 9.98 Å². The fourth-order valence-electron chi connectivity index (χ4n) is 14.0. The number of hydrogen-bond acceptors (Lipinski definition) is 2. The van der Waals surface area contributed by atoms with Crippen LogP contribution in [0.3, 0.4) is 0 Å². The summed E-state index contributed by atoms with van der Waals surface area (Å²) in [6.07, 6.45) is 105. The van der Waals surface area contributed by atoms with E-state index >= 15 is 0 Å². The van der Waals surface area contributed by atoms with Gasteiger partial charge in [0.1, 0.15) is 0 Å². The van der Waals surface area contributed by atoms with Crippen molar-refractivity contribution in [3.8, 4) is 0 Å². The number of rotatable bonds is 73. The Kier molecular flexibility index (Phi) is 70.6. The molecule has 2 nitrogen and oxygen atoms in total. The van der Waals surface area contributed by atoms with Gasteiger partial charge in [-0.1, -0.05) is 462 Å². The summed E-state index contributed by atoms with van der Waals surface area (Å²) in [7, 11) is 0. The summed E-state index contributed by atoms with van der Waals surface area (Å²) in [5, 5.41) is 0. The van der Waals surface area contributed by atoms with E-state index in [1.165, 1.54) is 440 Å². The topological polar surface area (TPSA) is 24.7 Å². The molecule has 3 heteroatoms. The SMILES string of the molecule is CCCCCCCCCCCCCCCCCCCCCCCCCCCCC=Cc1cccc(N=C(CCCCC)C(CCCCCCCCCCC)=Nc2cccc(C=CCCCCCCCCCCCCCCCCCCCCCCCCCCCC)c2)c1.[Ni]. The molecule has 0 atom stereocenters. The van der Waals surface area contributed by atoms with Crippen molar-refractivity contribution in [2.24, 2.45) is 9.98 Å². The standard InChI is InChI=1S/C90H160N2.Ni/c1-5-9-13-16-19-22-24-26-28-30-32-34-36-38-40-42-44-46-48-50-52-54-56-58-61-63-66-70-75-85-77-73-79-87(83-85)91-89(81-69-12-8-4)90(82-72-68-65-60-21-18-15-11-7-3)92-88-80-74-78-86(84-88)76-71-67-64-62-59-57-55-53-51-49-47-45-43-41-39-37-35-33-31-29-27-25-23-20-17-14-10-6-2;/h70-71,73-80,83-84H,5-69,72,81-82H2,1-4H3;. The van der Waals surface area contributed by atoms with Gasteiger partial charge in [0.2, 0.25) is 0 Å². The molecule has 0 aliphatic heterocycles. The van der Waals surface area contributed by atoms with Gasteiger partial charge in [0.25, 0.3) is 0 Å². The van der Waals surface area contributed by atoms with Crippen molar-refractivity contribution < 1.29 is 16.5 Å². The van der Waals surface area contributed by atoms with Crippen LogP contribution in [0.4, 0.5) is 11.4 Å². The van der Waals surface area contributed by atoms with Crippen LogP contribution in [0.1, 0.15) is 475 Å². The van der Waals surface area contributed by atoms with Crippen LogP contribution in [0, 0.1) is 0 Å². The normalized spacial score (nSPS) is 12.2. The maximum atomic E-state index is 5.51. The molecule has 0 saturated heterocycles. The van der Waals surface area contributed by atoms with Crippen molar-refractivity contribution in [3.05, 3.63) is 71.8 Å². The third-order valence-electron chi connectivity index (χ3n) is 20.2. The molecular formula is C90H160N2Ni. The van der Waals surface area contributed by atoms with Gasteiger partial charge in [0.15, 0.2) is 0 Å². The second-order valence-corrected chi connectivity index (χ2v) is 29.4. The molecule has 0 heterocycles. The average Bonchev–Trinajstić information content (AvgIpc) is 2.10. The van der Waals surface area contributed by atoms with E-state index in [0.29, 0.717) is 0 Å². The molecule has 0 spiro atoms. The number of unbranched alkanes of at least 4 members (excludes halogenated alkanes) is 62. The largest absolute Gasteiger partial charge is 0.252 e. The van der Waals surface area contributed by atoms with Crippen molar-refractivity contribution >= 4 is 35.0 Å². The Morgan fingerprint density at radius 1 is 0.237 bits per heavy atom. The Labute approximate surface area is 593 Å². The fraction of sp³-hybridized carbons (Fsp3) is 0.800. The Hall–Kier alpha value is -2.25. The first-order chi connectivity index (χ1) is 45.7. The van der Waals surface area contributed by atoms with Gasteiger partial charge in [-0.25, -0.2) is 0 Å². The smallest absolute Gasteiger partial charge is 0.0639 e. The van der Waals surface area contributed by atoms with Gasteiger partial charge < -0.3 is 0 Å². The van der Waals surface area contributed by atoms with E-state index in [1.807, 2.05) is 0 Å². The Morgan fingerprint density at radius 3 is 0.645 bits per heavy atom. The van der Waals surface area contributed by atoms with Gasteiger partial charge in [-0.15, -0.1) is 0 Å². The first kappa shape index (κ1) is 88.8. The minimum atomic E-state index is 0. The molecule has 0 saturated carbocycles. The maximum absolute atomic E-state index is 5.51. The number of benzene rings is 2. The summed E-state index contributed by atoms with van der Waals surface area (Å²) in [4.78, 5) is 11.0. The van der Waals surface area contributed by atoms with E-state index in [4.69, 9.17) is 9.98 Å². The molecule has 0 aliphatic rings. The van der Waals surface area contributed by atoms with Crippen LogP contribution < -0.4 is 0 Å². The summed E-state index contributed by atoms with van der Waals surface area (Å²) in [5.74, 6) is 0. The fourth-order valence-corrected chi connectivity index (χ4v) is 14.0. The molecule has 0 aromatic heterocycles. The summed E-state index contributed by atoms with van der Waals surface area (Å²) in [6, 6.07) is 18.0. The van der Waals surface area contributed by atoms with Crippen molar-refractivity contribution in [2.75, 3.05) is 0 Å². The molecule has 2 rings (SSSR count). The van der Waals surface area contributed by atoms with Gasteiger partial charge in [-0.05, 0) is 86.8 Å². The molecule has 93 heavy (non-hydrogen) atoms.